The number of furan rings is 1. The van der Waals surface area contributed by atoms with Crippen molar-refractivity contribution in [3.05, 3.63) is 24.2 Å². The van der Waals surface area contributed by atoms with E-state index in [9.17, 15) is 4.79 Å². The second-order valence-corrected chi connectivity index (χ2v) is 3.75. The molecule has 0 aliphatic carbocycles. The molecule has 1 unspecified atom stereocenters. The minimum atomic E-state index is -0.0377. The first kappa shape index (κ1) is 11.8. The molecule has 1 amide bonds. The van der Waals surface area contributed by atoms with E-state index in [1.807, 2.05) is 13.0 Å². The van der Waals surface area contributed by atoms with Crippen LogP contribution in [0.4, 0.5) is 0 Å². The zero-order chi connectivity index (χ0) is 11.3. The van der Waals surface area contributed by atoms with Crippen molar-refractivity contribution in [2.24, 2.45) is 5.73 Å². The number of nitrogens with two attached hydrogens (primary N) is 1. The molecule has 1 aromatic rings. The fourth-order valence-electron chi connectivity index (χ4n) is 1.27. The monoisotopic (exact) mass is 210 g/mol. The lowest BCUT2D eigenvalue weighted by molar-refractivity contribution is -0.130. The van der Waals surface area contributed by atoms with E-state index in [1.165, 1.54) is 0 Å². The first-order valence-electron chi connectivity index (χ1n) is 5.14. The van der Waals surface area contributed by atoms with Crippen LogP contribution in [-0.4, -0.2) is 23.9 Å². The highest BCUT2D eigenvalue weighted by Gasteiger charge is 2.12. The molecule has 4 heteroatoms. The number of carbonyl (C=O) groups excluding carboxylic acids is 1. The number of amides is 1. The molecule has 15 heavy (non-hydrogen) atoms. The number of nitrogens with zero attached hydrogens (tertiary/aromatic N) is 1. The highest BCUT2D eigenvalue weighted by Crippen LogP contribution is 2.06. The van der Waals surface area contributed by atoms with Gasteiger partial charge in [-0.1, -0.05) is 6.92 Å². The van der Waals surface area contributed by atoms with E-state index >= 15 is 0 Å². The Morgan fingerprint density at radius 1 is 1.67 bits per heavy atom. The van der Waals surface area contributed by atoms with Gasteiger partial charge in [-0.2, -0.15) is 0 Å². The van der Waals surface area contributed by atoms with Crippen molar-refractivity contribution in [1.29, 1.82) is 0 Å². The molecule has 4 nitrogen and oxygen atoms in total. The van der Waals surface area contributed by atoms with Gasteiger partial charge in [0.25, 0.3) is 0 Å². The first-order chi connectivity index (χ1) is 7.13. The van der Waals surface area contributed by atoms with Gasteiger partial charge in [0.15, 0.2) is 0 Å². The van der Waals surface area contributed by atoms with E-state index in [1.54, 1.807) is 24.5 Å². The molecule has 84 valence electrons. The summed E-state index contributed by atoms with van der Waals surface area (Å²) in [5.74, 6) is 0.0746. The summed E-state index contributed by atoms with van der Waals surface area (Å²) in [5.41, 5.74) is 6.72. The lowest BCUT2D eigenvalue weighted by Gasteiger charge is -2.18. The summed E-state index contributed by atoms with van der Waals surface area (Å²) in [7, 11) is 1.78. The number of hydrogen-bond acceptors (Lipinski definition) is 3. The number of hydrogen-bond donors (Lipinski definition) is 1. The van der Waals surface area contributed by atoms with Gasteiger partial charge in [0.2, 0.25) is 5.91 Å². The Kier molecular flexibility index (Phi) is 4.37. The quantitative estimate of drug-likeness (QED) is 0.798. The van der Waals surface area contributed by atoms with E-state index < -0.39 is 0 Å². The maximum absolute atomic E-state index is 11.7. The lowest BCUT2D eigenvalue weighted by Crippen LogP contribution is -2.32. The summed E-state index contributed by atoms with van der Waals surface area (Å²) in [6.45, 7) is 2.56. The fourth-order valence-corrected chi connectivity index (χ4v) is 1.27. The molecule has 0 aliphatic rings. The molecule has 1 atom stereocenters. The van der Waals surface area contributed by atoms with Gasteiger partial charge < -0.3 is 15.1 Å². The van der Waals surface area contributed by atoms with E-state index in [4.69, 9.17) is 10.2 Å². The summed E-state index contributed by atoms with van der Waals surface area (Å²) in [4.78, 5) is 13.3. The van der Waals surface area contributed by atoms with Crippen LogP contribution in [0.2, 0.25) is 0 Å². The normalized spacial score (nSPS) is 12.5. The van der Waals surface area contributed by atoms with Gasteiger partial charge in [0.05, 0.1) is 12.5 Å². The minimum Gasteiger partial charge on any atom is -0.472 e. The number of rotatable bonds is 5. The molecule has 1 aromatic heterocycles. The molecule has 0 fully saturated rings. The van der Waals surface area contributed by atoms with Crippen molar-refractivity contribution in [3.8, 4) is 0 Å². The van der Waals surface area contributed by atoms with Gasteiger partial charge in [-0.05, 0) is 12.5 Å². The van der Waals surface area contributed by atoms with Crippen LogP contribution >= 0.6 is 0 Å². The molecular weight excluding hydrogens is 192 g/mol. The second kappa shape index (κ2) is 5.56. The third-order valence-corrected chi connectivity index (χ3v) is 2.39. The third-order valence-electron chi connectivity index (χ3n) is 2.39. The average Bonchev–Trinajstić information content (AvgIpc) is 2.70. The van der Waals surface area contributed by atoms with Gasteiger partial charge in [0.1, 0.15) is 0 Å². The molecule has 0 saturated heterocycles. The Bertz CT molecular complexity index is 296. The van der Waals surface area contributed by atoms with Crippen molar-refractivity contribution in [1.82, 2.24) is 4.90 Å². The smallest absolute Gasteiger partial charge is 0.224 e. The maximum Gasteiger partial charge on any atom is 0.224 e. The maximum atomic E-state index is 11.7. The molecule has 0 radical (unpaired) electrons. The van der Waals surface area contributed by atoms with Crippen LogP contribution in [0.5, 0.6) is 0 Å². The van der Waals surface area contributed by atoms with Gasteiger partial charge >= 0.3 is 0 Å². The fraction of sp³-hybridized carbons (Fsp3) is 0.545. The van der Waals surface area contributed by atoms with Gasteiger partial charge in [-0.15, -0.1) is 0 Å². The standard InChI is InChI=1S/C11H18N2O2/c1-3-10(12)6-11(14)13(2)7-9-4-5-15-8-9/h4-5,8,10H,3,6-7,12H2,1-2H3. The molecule has 2 N–H and O–H groups in total. The average molecular weight is 210 g/mol. The Morgan fingerprint density at radius 2 is 2.40 bits per heavy atom. The Morgan fingerprint density at radius 3 is 2.93 bits per heavy atom. The van der Waals surface area contributed by atoms with Crippen LogP contribution < -0.4 is 5.73 Å². The highest BCUT2D eigenvalue weighted by atomic mass is 16.3. The summed E-state index contributed by atoms with van der Waals surface area (Å²) in [5, 5.41) is 0. The predicted molar refractivity (Wildman–Crippen MR) is 58.1 cm³/mol. The zero-order valence-corrected chi connectivity index (χ0v) is 9.27. The molecule has 0 saturated carbocycles. The predicted octanol–water partition coefficient (Wildman–Crippen LogP) is 1.37. The van der Waals surface area contributed by atoms with Crippen LogP contribution in [0.3, 0.4) is 0 Å². The van der Waals surface area contributed by atoms with Crippen LogP contribution in [-0.2, 0) is 11.3 Å². The largest absolute Gasteiger partial charge is 0.472 e. The van der Waals surface area contributed by atoms with Crippen LogP contribution in [0, 0.1) is 0 Å². The molecule has 0 spiro atoms. The Hall–Kier alpha value is -1.29. The lowest BCUT2D eigenvalue weighted by atomic mass is 10.1. The molecular formula is C11H18N2O2. The van der Waals surface area contributed by atoms with Gasteiger partial charge in [0, 0.05) is 31.6 Å². The minimum absolute atomic E-state index is 0.0377. The first-order valence-corrected chi connectivity index (χ1v) is 5.14. The molecule has 0 aliphatic heterocycles. The van der Waals surface area contributed by atoms with Crippen molar-refractivity contribution in [3.63, 3.8) is 0 Å². The van der Waals surface area contributed by atoms with Gasteiger partial charge in [-0.25, -0.2) is 0 Å². The second-order valence-electron chi connectivity index (χ2n) is 3.75. The summed E-state index contributed by atoms with van der Waals surface area (Å²) in [6, 6.07) is 1.81. The van der Waals surface area contributed by atoms with Crippen molar-refractivity contribution in [2.45, 2.75) is 32.4 Å². The van der Waals surface area contributed by atoms with Crippen molar-refractivity contribution < 1.29 is 9.21 Å². The summed E-state index contributed by atoms with van der Waals surface area (Å²) < 4.78 is 4.93. The topological polar surface area (TPSA) is 59.5 Å². The Labute approximate surface area is 90.0 Å². The van der Waals surface area contributed by atoms with Crippen LogP contribution in [0.1, 0.15) is 25.3 Å². The van der Waals surface area contributed by atoms with Crippen molar-refractivity contribution in [2.75, 3.05) is 7.05 Å². The Balaban J connectivity index is 2.40. The van der Waals surface area contributed by atoms with Gasteiger partial charge in [-0.3, -0.25) is 4.79 Å². The molecule has 0 aromatic carbocycles. The highest BCUT2D eigenvalue weighted by molar-refractivity contribution is 5.76. The zero-order valence-electron chi connectivity index (χ0n) is 9.27. The van der Waals surface area contributed by atoms with Crippen molar-refractivity contribution >= 4 is 5.91 Å². The van der Waals surface area contributed by atoms with E-state index in [0.29, 0.717) is 13.0 Å². The molecule has 0 bridgehead atoms. The number of carbonyl (C=O) groups is 1. The van der Waals surface area contributed by atoms with Crippen LogP contribution in [0.15, 0.2) is 23.0 Å². The summed E-state index contributed by atoms with van der Waals surface area (Å²) in [6.07, 6.45) is 4.48. The van der Waals surface area contributed by atoms with E-state index in [-0.39, 0.29) is 11.9 Å². The SMILES string of the molecule is CCC(N)CC(=O)N(C)Cc1ccoc1. The van der Waals surface area contributed by atoms with E-state index in [2.05, 4.69) is 0 Å². The third kappa shape index (κ3) is 3.75. The molecule has 1 heterocycles. The molecule has 1 rings (SSSR count). The van der Waals surface area contributed by atoms with Crippen LogP contribution in [0.25, 0.3) is 0 Å². The van der Waals surface area contributed by atoms with E-state index in [0.717, 1.165) is 12.0 Å². The summed E-state index contributed by atoms with van der Waals surface area (Å²) >= 11 is 0.